The van der Waals surface area contributed by atoms with Crippen LogP contribution in [-0.2, 0) is 4.79 Å². The Balaban J connectivity index is 1.65. The van der Waals surface area contributed by atoms with E-state index in [0.717, 1.165) is 24.0 Å². The van der Waals surface area contributed by atoms with Crippen molar-refractivity contribution in [3.05, 3.63) is 41.8 Å². The summed E-state index contributed by atoms with van der Waals surface area (Å²) in [4.78, 5) is 12.3. The molecule has 1 amide bonds. The van der Waals surface area contributed by atoms with Gasteiger partial charge in [0.1, 0.15) is 5.82 Å². The van der Waals surface area contributed by atoms with Gasteiger partial charge in [0.05, 0.1) is 6.20 Å². The highest BCUT2D eigenvalue weighted by atomic mass is 19.1. The molecule has 1 fully saturated rings. The van der Waals surface area contributed by atoms with E-state index < -0.39 is 0 Å². The summed E-state index contributed by atoms with van der Waals surface area (Å²) < 4.78 is 18.4. The molecule has 1 saturated carbocycles. The van der Waals surface area contributed by atoms with E-state index in [9.17, 15) is 9.18 Å². The van der Waals surface area contributed by atoms with Crippen molar-refractivity contribution in [1.29, 1.82) is 0 Å². The molecule has 2 aromatic rings. The van der Waals surface area contributed by atoms with Crippen molar-refractivity contribution in [2.45, 2.75) is 57.4 Å². The van der Waals surface area contributed by atoms with Gasteiger partial charge in [0.2, 0.25) is 5.91 Å². The minimum Gasteiger partial charge on any atom is -0.356 e. The van der Waals surface area contributed by atoms with Crippen LogP contribution in [0.5, 0.6) is 0 Å². The van der Waals surface area contributed by atoms with Crippen LogP contribution < -0.4 is 5.32 Å². The van der Waals surface area contributed by atoms with Crippen molar-refractivity contribution < 1.29 is 13.7 Å². The predicted octanol–water partition coefficient (Wildman–Crippen LogP) is 4.42. The van der Waals surface area contributed by atoms with Gasteiger partial charge in [0, 0.05) is 23.6 Å². The average molecular weight is 330 g/mol. The quantitative estimate of drug-likeness (QED) is 0.882. The molecular weight excluding hydrogens is 307 g/mol. The lowest BCUT2D eigenvalue weighted by Gasteiger charge is -2.23. The van der Waals surface area contributed by atoms with E-state index >= 15 is 0 Å². The third kappa shape index (κ3) is 4.02. The van der Waals surface area contributed by atoms with Crippen molar-refractivity contribution >= 4 is 5.91 Å². The molecule has 0 aliphatic heterocycles. The second kappa shape index (κ2) is 7.60. The van der Waals surface area contributed by atoms with Gasteiger partial charge in [-0.25, -0.2) is 4.39 Å². The second-order valence-electron chi connectivity index (χ2n) is 6.62. The molecule has 1 heterocycles. The minimum atomic E-state index is -0.292. The largest absolute Gasteiger partial charge is 0.356 e. The van der Waals surface area contributed by atoms with Crippen molar-refractivity contribution in [2.24, 2.45) is 0 Å². The number of halogens is 1. The maximum absolute atomic E-state index is 13.1. The fourth-order valence-corrected chi connectivity index (χ4v) is 3.34. The van der Waals surface area contributed by atoms with Gasteiger partial charge in [-0.2, -0.15) is 0 Å². The lowest BCUT2D eigenvalue weighted by atomic mass is 9.93. The summed E-state index contributed by atoms with van der Waals surface area (Å²) in [5.41, 5.74) is 1.64. The van der Waals surface area contributed by atoms with Crippen LogP contribution in [0.15, 0.2) is 35.0 Å². The molecule has 1 N–H and O–H groups in total. The summed E-state index contributed by atoms with van der Waals surface area (Å²) in [6, 6.07) is 6.42. The van der Waals surface area contributed by atoms with E-state index in [1.165, 1.54) is 31.4 Å². The van der Waals surface area contributed by atoms with Crippen LogP contribution in [0.25, 0.3) is 11.3 Å². The van der Waals surface area contributed by atoms with Gasteiger partial charge >= 0.3 is 0 Å². The van der Waals surface area contributed by atoms with Gasteiger partial charge < -0.3 is 9.84 Å². The van der Waals surface area contributed by atoms with Crippen molar-refractivity contribution in [3.8, 4) is 11.3 Å². The van der Waals surface area contributed by atoms with E-state index in [1.807, 2.05) is 6.92 Å². The zero-order valence-electron chi connectivity index (χ0n) is 13.9. The molecule has 1 aromatic heterocycles. The molecule has 1 aliphatic rings. The summed E-state index contributed by atoms with van der Waals surface area (Å²) in [6.07, 6.45) is 7.86. The topological polar surface area (TPSA) is 55.1 Å². The third-order valence-electron chi connectivity index (χ3n) is 4.70. The summed E-state index contributed by atoms with van der Waals surface area (Å²) in [5, 5.41) is 7.00. The number of amides is 1. The molecule has 4 nitrogen and oxygen atoms in total. The number of nitrogens with one attached hydrogen (secondary N) is 1. The summed E-state index contributed by atoms with van der Waals surface area (Å²) in [5.74, 6) is 0.369. The van der Waals surface area contributed by atoms with Crippen LogP contribution in [0.3, 0.4) is 0 Å². The third-order valence-corrected chi connectivity index (χ3v) is 4.70. The highest BCUT2D eigenvalue weighted by molar-refractivity contribution is 5.77. The number of benzene rings is 1. The standard InChI is InChI=1S/C19H23FN2O2/c1-13(11-18(23)22-16-5-3-2-4-6-16)17-12-21-24-19(17)14-7-9-15(20)10-8-14/h7-10,12-13,16H,2-6,11H2,1H3,(H,22,23). The first-order chi connectivity index (χ1) is 11.6. The van der Waals surface area contributed by atoms with Crippen molar-refractivity contribution in [3.63, 3.8) is 0 Å². The fourth-order valence-electron chi connectivity index (χ4n) is 3.34. The predicted molar refractivity (Wildman–Crippen MR) is 89.9 cm³/mol. The molecule has 1 unspecified atom stereocenters. The van der Waals surface area contributed by atoms with Crippen molar-refractivity contribution in [1.82, 2.24) is 10.5 Å². The molecular formula is C19H23FN2O2. The van der Waals surface area contributed by atoms with Gasteiger partial charge in [0.15, 0.2) is 5.76 Å². The molecule has 24 heavy (non-hydrogen) atoms. The first kappa shape index (κ1) is 16.7. The Bertz CT molecular complexity index is 675. The number of nitrogens with zero attached hydrogens (tertiary/aromatic N) is 1. The summed E-state index contributed by atoms with van der Waals surface area (Å²) in [7, 11) is 0. The lowest BCUT2D eigenvalue weighted by Crippen LogP contribution is -2.36. The van der Waals surface area contributed by atoms with E-state index in [0.29, 0.717) is 18.2 Å². The highest BCUT2D eigenvalue weighted by Crippen LogP contribution is 2.31. The van der Waals surface area contributed by atoms with Crippen LogP contribution in [0.2, 0.25) is 0 Å². The second-order valence-corrected chi connectivity index (χ2v) is 6.62. The normalized spacial score (nSPS) is 16.8. The van der Waals surface area contributed by atoms with Gasteiger partial charge in [-0.3, -0.25) is 4.79 Å². The maximum atomic E-state index is 13.1. The fraction of sp³-hybridized carbons (Fsp3) is 0.474. The molecule has 0 radical (unpaired) electrons. The highest BCUT2D eigenvalue weighted by Gasteiger charge is 2.21. The molecule has 0 saturated heterocycles. The summed E-state index contributed by atoms with van der Waals surface area (Å²) >= 11 is 0. The number of aromatic nitrogens is 1. The molecule has 0 spiro atoms. The number of rotatable bonds is 5. The van der Waals surface area contributed by atoms with Crippen LogP contribution in [0.4, 0.5) is 4.39 Å². The Morgan fingerprint density at radius 3 is 2.71 bits per heavy atom. The van der Waals surface area contributed by atoms with Crippen LogP contribution in [-0.4, -0.2) is 17.1 Å². The molecule has 1 atom stereocenters. The smallest absolute Gasteiger partial charge is 0.220 e. The first-order valence-electron chi connectivity index (χ1n) is 8.63. The van der Waals surface area contributed by atoms with Crippen LogP contribution in [0, 0.1) is 5.82 Å². The number of hydrogen-bond acceptors (Lipinski definition) is 3. The minimum absolute atomic E-state index is 0.0140. The summed E-state index contributed by atoms with van der Waals surface area (Å²) in [6.45, 7) is 1.99. The van der Waals surface area contributed by atoms with E-state index in [-0.39, 0.29) is 17.6 Å². The molecule has 0 bridgehead atoms. The lowest BCUT2D eigenvalue weighted by molar-refractivity contribution is -0.122. The zero-order valence-corrected chi connectivity index (χ0v) is 13.9. The Morgan fingerprint density at radius 1 is 1.29 bits per heavy atom. The van der Waals surface area contributed by atoms with Crippen LogP contribution >= 0.6 is 0 Å². The number of carbonyl (C=O) groups is 1. The van der Waals surface area contributed by atoms with Gasteiger partial charge in [-0.05, 0) is 43.0 Å². The van der Waals surface area contributed by atoms with Crippen molar-refractivity contribution in [2.75, 3.05) is 0 Å². The monoisotopic (exact) mass is 330 g/mol. The maximum Gasteiger partial charge on any atom is 0.220 e. The Hall–Kier alpha value is -2.17. The number of hydrogen-bond donors (Lipinski definition) is 1. The van der Waals surface area contributed by atoms with Gasteiger partial charge in [-0.1, -0.05) is 31.3 Å². The molecule has 128 valence electrons. The Kier molecular flexibility index (Phi) is 5.28. The SMILES string of the molecule is CC(CC(=O)NC1CCCCC1)c1cnoc1-c1ccc(F)cc1. The molecule has 5 heteroatoms. The molecule has 1 aliphatic carbocycles. The number of carbonyl (C=O) groups excluding carboxylic acids is 1. The van der Waals surface area contributed by atoms with Gasteiger partial charge in [0.25, 0.3) is 0 Å². The van der Waals surface area contributed by atoms with E-state index in [4.69, 9.17) is 4.52 Å². The molecule has 3 rings (SSSR count). The average Bonchev–Trinajstić information content (AvgIpc) is 3.06. The Labute approximate surface area is 141 Å². The zero-order chi connectivity index (χ0) is 16.9. The Morgan fingerprint density at radius 2 is 2.00 bits per heavy atom. The first-order valence-corrected chi connectivity index (χ1v) is 8.63. The van der Waals surface area contributed by atoms with E-state index in [2.05, 4.69) is 10.5 Å². The molecule has 1 aromatic carbocycles. The van der Waals surface area contributed by atoms with Crippen LogP contribution in [0.1, 0.15) is 56.9 Å². The van der Waals surface area contributed by atoms with Gasteiger partial charge in [-0.15, -0.1) is 0 Å². The van der Waals surface area contributed by atoms with E-state index in [1.54, 1.807) is 18.3 Å².